The zero-order valence-electron chi connectivity index (χ0n) is 14.5. The Kier molecular flexibility index (Phi) is 8.33. The number of benzene rings is 1. The van der Waals surface area contributed by atoms with Crippen molar-refractivity contribution in [2.24, 2.45) is 5.92 Å². The molecular formula is C18H27NO4. The Labute approximate surface area is 138 Å². The summed E-state index contributed by atoms with van der Waals surface area (Å²) >= 11 is 0. The van der Waals surface area contributed by atoms with E-state index in [4.69, 9.17) is 9.47 Å². The maximum Gasteiger partial charge on any atom is 0.310 e. The predicted octanol–water partition coefficient (Wildman–Crippen LogP) is 2.75. The molecule has 1 amide bonds. The molecule has 5 heteroatoms. The molecule has 0 saturated carbocycles. The molecule has 23 heavy (non-hydrogen) atoms. The van der Waals surface area contributed by atoms with Crippen LogP contribution in [0.5, 0.6) is 0 Å². The molecule has 0 aliphatic carbocycles. The van der Waals surface area contributed by atoms with Gasteiger partial charge in [0.1, 0.15) is 0 Å². The molecule has 0 aliphatic rings. The summed E-state index contributed by atoms with van der Waals surface area (Å²) in [5, 5.41) is 0. The number of esters is 1. The van der Waals surface area contributed by atoms with Crippen molar-refractivity contribution in [3.05, 3.63) is 35.9 Å². The molecule has 0 radical (unpaired) electrons. The zero-order valence-corrected chi connectivity index (χ0v) is 14.5. The molecular weight excluding hydrogens is 294 g/mol. The van der Waals surface area contributed by atoms with Crippen molar-refractivity contribution in [3.8, 4) is 0 Å². The summed E-state index contributed by atoms with van der Waals surface area (Å²) in [5.41, 5.74) is 0.620. The number of methoxy groups -OCH3 is 1. The van der Waals surface area contributed by atoms with Crippen LogP contribution in [0.4, 0.5) is 0 Å². The minimum absolute atomic E-state index is 0.0779. The molecule has 0 N–H and O–H groups in total. The molecule has 1 atom stereocenters. The molecule has 1 aromatic rings. The normalized spacial score (nSPS) is 12.0. The van der Waals surface area contributed by atoms with Crippen LogP contribution < -0.4 is 0 Å². The maximum atomic E-state index is 12.7. The van der Waals surface area contributed by atoms with Crippen molar-refractivity contribution in [1.82, 2.24) is 4.90 Å². The third kappa shape index (κ3) is 6.82. The van der Waals surface area contributed by atoms with Gasteiger partial charge in [-0.3, -0.25) is 9.59 Å². The van der Waals surface area contributed by atoms with Crippen molar-refractivity contribution in [1.29, 1.82) is 0 Å². The van der Waals surface area contributed by atoms with Gasteiger partial charge in [-0.25, -0.2) is 0 Å². The quantitative estimate of drug-likeness (QED) is 0.518. The maximum absolute atomic E-state index is 12.7. The molecule has 1 rings (SSSR count). The van der Waals surface area contributed by atoms with Gasteiger partial charge in [0.05, 0.1) is 19.1 Å². The van der Waals surface area contributed by atoms with Gasteiger partial charge in [0.15, 0.2) is 0 Å². The van der Waals surface area contributed by atoms with E-state index in [2.05, 4.69) is 0 Å². The molecule has 0 fully saturated rings. The standard InChI is InChI=1S/C18H27NO4/c1-14(2)23-12-8-11-19(13-15(3)18(21)22-4)17(20)16-9-6-5-7-10-16/h5-7,9-10,14-15H,8,11-13H2,1-4H3. The zero-order chi connectivity index (χ0) is 17.2. The highest BCUT2D eigenvalue weighted by atomic mass is 16.5. The third-order valence-electron chi connectivity index (χ3n) is 3.43. The minimum atomic E-state index is -0.362. The molecule has 0 saturated heterocycles. The average Bonchev–Trinajstić information content (AvgIpc) is 2.56. The smallest absolute Gasteiger partial charge is 0.310 e. The van der Waals surface area contributed by atoms with E-state index in [1.807, 2.05) is 32.0 Å². The van der Waals surface area contributed by atoms with E-state index in [0.29, 0.717) is 25.3 Å². The molecule has 1 unspecified atom stereocenters. The van der Waals surface area contributed by atoms with E-state index in [1.54, 1.807) is 24.0 Å². The van der Waals surface area contributed by atoms with Crippen LogP contribution >= 0.6 is 0 Å². The summed E-state index contributed by atoms with van der Waals surface area (Å²) in [6, 6.07) is 9.09. The van der Waals surface area contributed by atoms with Gasteiger partial charge >= 0.3 is 5.97 Å². The van der Waals surface area contributed by atoms with Crippen LogP contribution in [0.25, 0.3) is 0 Å². The summed E-state index contributed by atoms with van der Waals surface area (Å²) in [6.07, 6.45) is 0.896. The Hall–Kier alpha value is -1.88. The van der Waals surface area contributed by atoms with Crippen LogP contribution in [0.1, 0.15) is 37.6 Å². The molecule has 0 heterocycles. The van der Waals surface area contributed by atoms with Gasteiger partial charge in [0.25, 0.3) is 5.91 Å². The van der Waals surface area contributed by atoms with E-state index < -0.39 is 0 Å². The summed E-state index contributed by atoms with van der Waals surface area (Å²) in [6.45, 7) is 7.19. The van der Waals surface area contributed by atoms with Crippen molar-refractivity contribution in [3.63, 3.8) is 0 Å². The second-order valence-corrected chi connectivity index (χ2v) is 5.81. The van der Waals surface area contributed by atoms with Gasteiger partial charge < -0.3 is 14.4 Å². The molecule has 5 nitrogen and oxygen atoms in total. The van der Waals surface area contributed by atoms with Gasteiger partial charge in [-0.1, -0.05) is 25.1 Å². The summed E-state index contributed by atoms with van der Waals surface area (Å²) in [4.78, 5) is 26.0. The second kappa shape index (κ2) is 10.0. The highest BCUT2D eigenvalue weighted by Gasteiger charge is 2.22. The number of rotatable bonds is 9. The number of carbonyl (C=O) groups excluding carboxylic acids is 2. The van der Waals surface area contributed by atoms with Crippen LogP contribution in [-0.2, 0) is 14.3 Å². The van der Waals surface area contributed by atoms with Crippen LogP contribution in [0.3, 0.4) is 0 Å². The molecule has 0 spiro atoms. The Morgan fingerprint density at radius 2 is 1.78 bits per heavy atom. The second-order valence-electron chi connectivity index (χ2n) is 5.81. The molecule has 0 aliphatic heterocycles. The van der Waals surface area contributed by atoms with Gasteiger partial charge in [0, 0.05) is 25.3 Å². The van der Waals surface area contributed by atoms with Gasteiger partial charge in [-0.05, 0) is 32.4 Å². The number of nitrogens with zero attached hydrogens (tertiary/aromatic N) is 1. The fourth-order valence-corrected chi connectivity index (χ4v) is 2.22. The van der Waals surface area contributed by atoms with Gasteiger partial charge in [-0.15, -0.1) is 0 Å². The Balaban J connectivity index is 2.71. The summed E-state index contributed by atoms with van der Waals surface area (Å²) in [5.74, 6) is -0.751. The Bertz CT molecular complexity index is 487. The molecule has 128 valence electrons. The lowest BCUT2D eigenvalue weighted by molar-refractivity contribution is -0.145. The highest BCUT2D eigenvalue weighted by molar-refractivity contribution is 5.94. The van der Waals surface area contributed by atoms with Crippen molar-refractivity contribution in [2.75, 3.05) is 26.8 Å². The molecule has 1 aromatic carbocycles. The van der Waals surface area contributed by atoms with Crippen LogP contribution in [0.2, 0.25) is 0 Å². The lowest BCUT2D eigenvalue weighted by Gasteiger charge is -2.25. The fraction of sp³-hybridized carbons (Fsp3) is 0.556. The van der Waals surface area contributed by atoms with Crippen LogP contribution in [0, 0.1) is 5.92 Å². The number of amides is 1. The molecule has 0 aromatic heterocycles. The Morgan fingerprint density at radius 3 is 2.35 bits per heavy atom. The van der Waals surface area contributed by atoms with Gasteiger partial charge in [-0.2, -0.15) is 0 Å². The number of hydrogen-bond donors (Lipinski definition) is 0. The van der Waals surface area contributed by atoms with E-state index in [1.165, 1.54) is 7.11 Å². The summed E-state index contributed by atoms with van der Waals surface area (Å²) in [7, 11) is 1.36. The van der Waals surface area contributed by atoms with Crippen molar-refractivity contribution in [2.45, 2.75) is 33.3 Å². The first-order valence-electron chi connectivity index (χ1n) is 7.99. The van der Waals surface area contributed by atoms with E-state index in [-0.39, 0.29) is 23.9 Å². The largest absolute Gasteiger partial charge is 0.469 e. The molecule has 0 bridgehead atoms. The van der Waals surface area contributed by atoms with E-state index >= 15 is 0 Å². The number of carbonyl (C=O) groups is 2. The highest BCUT2D eigenvalue weighted by Crippen LogP contribution is 2.10. The van der Waals surface area contributed by atoms with Crippen molar-refractivity contribution < 1.29 is 19.1 Å². The first kappa shape index (κ1) is 19.2. The SMILES string of the molecule is COC(=O)C(C)CN(CCCOC(C)C)C(=O)c1ccccc1. The van der Waals surface area contributed by atoms with Crippen LogP contribution in [0.15, 0.2) is 30.3 Å². The predicted molar refractivity (Wildman–Crippen MR) is 89.2 cm³/mol. The van der Waals surface area contributed by atoms with E-state index in [9.17, 15) is 9.59 Å². The first-order chi connectivity index (χ1) is 11.0. The number of hydrogen-bond acceptors (Lipinski definition) is 4. The fourth-order valence-electron chi connectivity index (χ4n) is 2.22. The van der Waals surface area contributed by atoms with E-state index in [0.717, 1.165) is 6.42 Å². The minimum Gasteiger partial charge on any atom is -0.469 e. The average molecular weight is 321 g/mol. The third-order valence-corrected chi connectivity index (χ3v) is 3.43. The van der Waals surface area contributed by atoms with Gasteiger partial charge in [0.2, 0.25) is 0 Å². The first-order valence-corrected chi connectivity index (χ1v) is 7.99. The summed E-state index contributed by atoms with van der Waals surface area (Å²) < 4.78 is 10.3. The monoisotopic (exact) mass is 321 g/mol. The number of ether oxygens (including phenoxy) is 2. The topological polar surface area (TPSA) is 55.8 Å². The van der Waals surface area contributed by atoms with Crippen LogP contribution in [-0.4, -0.2) is 49.7 Å². The lowest BCUT2D eigenvalue weighted by atomic mass is 10.1. The lowest BCUT2D eigenvalue weighted by Crippen LogP contribution is -2.38. The Morgan fingerprint density at radius 1 is 1.13 bits per heavy atom. The van der Waals surface area contributed by atoms with Crippen molar-refractivity contribution >= 4 is 11.9 Å².